The Morgan fingerprint density at radius 1 is 1.30 bits per heavy atom. The normalized spacial score (nSPS) is 28.8. The summed E-state index contributed by atoms with van der Waals surface area (Å²) >= 11 is 1.97. The highest BCUT2D eigenvalue weighted by atomic mass is 32.2. The highest BCUT2D eigenvalue weighted by Gasteiger charge is 2.45. The predicted octanol–water partition coefficient (Wildman–Crippen LogP) is 3.39. The highest BCUT2D eigenvalue weighted by Crippen LogP contribution is 2.44. The topological polar surface area (TPSA) is 32.3 Å². The molecule has 0 aromatic heterocycles. The summed E-state index contributed by atoms with van der Waals surface area (Å²) in [5.74, 6) is 0.359. The van der Waals surface area contributed by atoms with Crippen LogP contribution in [0.25, 0.3) is 0 Å². The number of hydrogen-bond donors (Lipinski definition) is 1. The Labute approximate surface area is 128 Å². The molecule has 0 radical (unpaired) electrons. The summed E-state index contributed by atoms with van der Waals surface area (Å²) in [6, 6.07) is 0.0745. The van der Waals surface area contributed by atoms with Gasteiger partial charge in [-0.2, -0.15) is 11.8 Å². The number of rotatable bonds is 8. The SMILES string of the molecule is CCCCC1NC(CCC)N(CC2(SC)CCC2)C1=O. The number of amides is 1. The Balaban J connectivity index is 2.01. The minimum absolute atomic E-state index is 0.0745. The average molecular weight is 298 g/mol. The second-order valence-corrected chi connectivity index (χ2v) is 7.65. The lowest BCUT2D eigenvalue weighted by molar-refractivity contribution is -0.130. The van der Waals surface area contributed by atoms with Crippen LogP contribution >= 0.6 is 11.8 Å². The molecule has 2 fully saturated rings. The highest BCUT2D eigenvalue weighted by molar-refractivity contribution is 8.00. The molecule has 0 spiro atoms. The summed E-state index contributed by atoms with van der Waals surface area (Å²) in [6.07, 6.45) is 11.9. The number of nitrogens with zero attached hydrogens (tertiary/aromatic N) is 1. The summed E-state index contributed by atoms with van der Waals surface area (Å²) < 4.78 is 0.350. The summed E-state index contributed by atoms with van der Waals surface area (Å²) in [4.78, 5) is 14.9. The molecular formula is C16H30N2OS. The van der Waals surface area contributed by atoms with E-state index in [9.17, 15) is 4.79 Å². The molecular weight excluding hydrogens is 268 g/mol. The van der Waals surface area contributed by atoms with Crippen LogP contribution in [0.2, 0.25) is 0 Å². The quantitative estimate of drug-likeness (QED) is 0.745. The maximum atomic E-state index is 12.7. The van der Waals surface area contributed by atoms with Gasteiger partial charge in [0.25, 0.3) is 0 Å². The van der Waals surface area contributed by atoms with E-state index in [1.165, 1.54) is 25.7 Å². The van der Waals surface area contributed by atoms with Gasteiger partial charge in [0.05, 0.1) is 12.2 Å². The monoisotopic (exact) mass is 298 g/mol. The number of unbranched alkanes of at least 4 members (excludes halogenated alkanes) is 1. The molecule has 4 heteroatoms. The Morgan fingerprint density at radius 3 is 2.55 bits per heavy atom. The zero-order valence-corrected chi connectivity index (χ0v) is 14.1. The molecule has 2 rings (SSSR count). The van der Waals surface area contributed by atoms with Crippen LogP contribution in [-0.2, 0) is 4.79 Å². The molecule has 0 aromatic rings. The number of carbonyl (C=O) groups excluding carboxylic acids is 1. The first kappa shape index (κ1) is 16.2. The first-order valence-electron chi connectivity index (χ1n) is 8.27. The second-order valence-electron chi connectivity index (χ2n) is 6.37. The van der Waals surface area contributed by atoms with Gasteiger partial charge in [-0.15, -0.1) is 0 Å². The van der Waals surface area contributed by atoms with Crippen molar-refractivity contribution in [2.45, 2.75) is 82.2 Å². The van der Waals surface area contributed by atoms with E-state index in [-0.39, 0.29) is 12.2 Å². The Morgan fingerprint density at radius 2 is 2.05 bits per heavy atom. The van der Waals surface area contributed by atoms with Gasteiger partial charge in [0, 0.05) is 11.3 Å². The molecule has 20 heavy (non-hydrogen) atoms. The minimum Gasteiger partial charge on any atom is -0.324 e. The number of thioether (sulfide) groups is 1. The first-order valence-corrected chi connectivity index (χ1v) is 9.50. The van der Waals surface area contributed by atoms with E-state index in [0.717, 1.165) is 32.2 Å². The molecule has 116 valence electrons. The molecule has 2 atom stereocenters. The third-order valence-electron chi connectivity index (χ3n) is 4.92. The van der Waals surface area contributed by atoms with Crippen molar-refractivity contribution in [3.63, 3.8) is 0 Å². The molecule has 1 amide bonds. The molecule has 0 bridgehead atoms. The Bertz CT molecular complexity index is 325. The van der Waals surface area contributed by atoms with Gasteiger partial charge in [-0.05, 0) is 31.9 Å². The van der Waals surface area contributed by atoms with Gasteiger partial charge in [0.2, 0.25) is 5.91 Å². The van der Waals surface area contributed by atoms with Crippen molar-refractivity contribution in [2.75, 3.05) is 12.8 Å². The lowest BCUT2D eigenvalue weighted by atomic mass is 9.83. The largest absolute Gasteiger partial charge is 0.324 e. The van der Waals surface area contributed by atoms with Crippen LogP contribution in [0.15, 0.2) is 0 Å². The molecule has 3 nitrogen and oxygen atoms in total. The van der Waals surface area contributed by atoms with Gasteiger partial charge < -0.3 is 4.90 Å². The molecule has 0 aromatic carbocycles. The lowest BCUT2D eigenvalue weighted by Crippen LogP contribution is -2.49. The van der Waals surface area contributed by atoms with Gasteiger partial charge in [-0.25, -0.2) is 0 Å². The molecule has 1 heterocycles. The van der Waals surface area contributed by atoms with Crippen molar-refractivity contribution < 1.29 is 4.79 Å². The van der Waals surface area contributed by atoms with E-state index in [2.05, 4.69) is 30.3 Å². The smallest absolute Gasteiger partial charge is 0.241 e. The molecule has 1 saturated heterocycles. The predicted molar refractivity (Wildman–Crippen MR) is 87.0 cm³/mol. The zero-order chi connectivity index (χ0) is 14.6. The van der Waals surface area contributed by atoms with E-state index < -0.39 is 0 Å². The van der Waals surface area contributed by atoms with Crippen LogP contribution in [0.5, 0.6) is 0 Å². The minimum atomic E-state index is 0.0745. The van der Waals surface area contributed by atoms with E-state index >= 15 is 0 Å². The van der Waals surface area contributed by atoms with E-state index in [4.69, 9.17) is 0 Å². The van der Waals surface area contributed by atoms with Crippen LogP contribution in [0.1, 0.15) is 65.2 Å². The summed E-state index contributed by atoms with van der Waals surface area (Å²) in [7, 11) is 0. The standard InChI is InChI=1S/C16H30N2OS/c1-4-6-9-13-15(19)18(14(17-13)8-5-2)12-16(20-3)10-7-11-16/h13-14,17H,4-12H2,1-3H3. The average Bonchev–Trinajstić information content (AvgIpc) is 2.69. The third kappa shape index (κ3) is 3.33. The number of nitrogens with one attached hydrogen (secondary N) is 1. The van der Waals surface area contributed by atoms with Crippen LogP contribution in [0, 0.1) is 0 Å². The fourth-order valence-corrected chi connectivity index (χ4v) is 4.34. The third-order valence-corrected chi connectivity index (χ3v) is 6.32. The molecule has 1 saturated carbocycles. The summed E-state index contributed by atoms with van der Waals surface area (Å²) in [5.41, 5.74) is 0. The fraction of sp³-hybridized carbons (Fsp3) is 0.938. The molecule has 1 N–H and O–H groups in total. The van der Waals surface area contributed by atoms with E-state index in [1.807, 2.05) is 11.8 Å². The van der Waals surface area contributed by atoms with Gasteiger partial charge in [-0.3, -0.25) is 10.1 Å². The van der Waals surface area contributed by atoms with Gasteiger partial charge >= 0.3 is 0 Å². The number of carbonyl (C=O) groups is 1. The first-order chi connectivity index (χ1) is 9.65. The van der Waals surface area contributed by atoms with Crippen molar-refractivity contribution in [1.29, 1.82) is 0 Å². The zero-order valence-electron chi connectivity index (χ0n) is 13.3. The summed E-state index contributed by atoms with van der Waals surface area (Å²) in [5, 5.41) is 3.59. The van der Waals surface area contributed by atoms with Crippen molar-refractivity contribution in [3.8, 4) is 0 Å². The molecule has 2 unspecified atom stereocenters. The van der Waals surface area contributed by atoms with Gasteiger partial charge in [-0.1, -0.05) is 39.5 Å². The fourth-order valence-electron chi connectivity index (χ4n) is 3.37. The Hall–Kier alpha value is -0.220. The van der Waals surface area contributed by atoms with Crippen LogP contribution < -0.4 is 5.32 Å². The van der Waals surface area contributed by atoms with Crippen molar-refractivity contribution in [2.24, 2.45) is 0 Å². The van der Waals surface area contributed by atoms with Crippen LogP contribution in [0.4, 0.5) is 0 Å². The van der Waals surface area contributed by atoms with E-state index in [0.29, 0.717) is 10.7 Å². The van der Waals surface area contributed by atoms with Crippen molar-refractivity contribution in [3.05, 3.63) is 0 Å². The maximum Gasteiger partial charge on any atom is 0.241 e. The molecule has 1 aliphatic carbocycles. The van der Waals surface area contributed by atoms with Crippen molar-refractivity contribution in [1.82, 2.24) is 10.2 Å². The van der Waals surface area contributed by atoms with Crippen LogP contribution in [0.3, 0.4) is 0 Å². The second kappa shape index (κ2) is 7.17. The maximum absolute atomic E-state index is 12.7. The van der Waals surface area contributed by atoms with Gasteiger partial charge in [0.15, 0.2) is 0 Å². The molecule has 2 aliphatic rings. The van der Waals surface area contributed by atoms with Gasteiger partial charge in [0.1, 0.15) is 0 Å². The Kier molecular flexibility index (Phi) is 5.79. The van der Waals surface area contributed by atoms with Crippen molar-refractivity contribution >= 4 is 17.7 Å². The van der Waals surface area contributed by atoms with E-state index in [1.54, 1.807) is 0 Å². The molecule has 1 aliphatic heterocycles. The van der Waals surface area contributed by atoms with Crippen LogP contribution in [-0.4, -0.2) is 40.6 Å². The lowest BCUT2D eigenvalue weighted by Gasteiger charge is -2.44. The number of hydrogen-bond acceptors (Lipinski definition) is 3. The summed E-state index contributed by atoms with van der Waals surface area (Å²) in [6.45, 7) is 5.35.